The highest BCUT2D eigenvalue weighted by atomic mass is 19.1. The summed E-state index contributed by atoms with van der Waals surface area (Å²) in [4.78, 5) is 14.8. The molecule has 0 spiro atoms. The van der Waals surface area contributed by atoms with Crippen LogP contribution >= 0.6 is 0 Å². The highest BCUT2D eigenvalue weighted by Gasteiger charge is 2.23. The number of benzene rings is 2. The van der Waals surface area contributed by atoms with Gasteiger partial charge in [-0.05, 0) is 42.3 Å². The van der Waals surface area contributed by atoms with Crippen LogP contribution in [0.5, 0.6) is 0 Å². The Kier molecular flexibility index (Phi) is 3.99. The Morgan fingerprint density at radius 2 is 2.00 bits per heavy atom. The first-order chi connectivity index (χ1) is 12.6. The first-order valence-electron chi connectivity index (χ1n) is 8.54. The molecule has 132 valence electrons. The molecule has 0 bridgehead atoms. The van der Waals surface area contributed by atoms with Gasteiger partial charge in [-0.3, -0.25) is 4.79 Å². The van der Waals surface area contributed by atoms with Crippen molar-refractivity contribution in [2.24, 2.45) is 0 Å². The summed E-state index contributed by atoms with van der Waals surface area (Å²) in [5.41, 5.74) is 3.89. The Hall–Kier alpha value is -3.08. The van der Waals surface area contributed by atoms with Crippen molar-refractivity contribution >= 4 is 28.6 Å². The fraction of sp³-hybridized carbons (Fsp3) is 0.190. The van der Waals surface area contributed by atoms with Gasteiger partial charge in [-0.25, -0.2) is 4.39 Å². The van der Waals surface area contributed by atoms with Crippen LogP contribution in [0.2, 0.25) is 0 Å². The van der Waals surface area contributed by atoms with E-state index in [4.69, 9.17) is 4.42 Å². The van der Waals surface area contributed by atoms with E-state index in [1.165, 1.54) is 12.1 Å². The molecule has 0 atom stereocenters. The molecule has 1 amide bonds. The van der Waals surface area contributed by atoms with Crippen molar-refractivity contribution in [1.82, 2.24) is 5.32 Å². The van der Waals surface area contributed by atoms with E-state index in [-0.39, 0.29) is 11.7 Å². The van der Waals surface area contributed by atoms with Crippen molar-refractivity contribution in [1.29, 1.82) is 0 Å². The van der Waals surface area contributed by atoms with Gasteiger partial charge in [0, 0.05) is 43.3 Å². The molecule has 1 aromatic heterocycles. The predicted octanol–water partition coefficient (Wildman–Crippen LogP) is 4.45. The molecule has 0 saturated carbocycles. The molecule has 2 heterocycles. The zero-order valence-corrected chi connectivity index (χ0v) is 14.7. The van der Waals surface area contributed by atoms with Gasteiger partial charge in [0.15, 0.2) is 0 Å². The number of hydrogen-bond donors (Lipinski definition) is 1. The van der Waals surface area contributed by atoms with Gasteiger partial charge in [0.2, 0.25) is 0 Å². The molecule has 4 nitrogen and oxygen atoms in total. The number of halogens is 1. The van der Waals surface area contributed by atoms with Crippen LogP contribution in [0.15, 0.2) is 46.9 Å². The van der Waals surface area contributed by atoms with E-state index in [0.29, 0.717) is 22.5 Å². The van der Waals surface area contributed by atoms with Crippen LogP contribution in [0.4, 0.5) is 10.1 Å². The van der Waals surface area contributed by atoms with Crippen molar-refractivity contribution in [3.8, 4) is 11.3 Å². The lowest BCUT2D eigenvalue weighted by Crippen LogP contribution is -2.18. The van der Waals surface area contributed by atoms with Gasteiger partial charge in [0.25, 0.3) is 5.91 Å². The topological polar surface area (TPSA) is 45.5 Å². The van der Waals surface area contributed by atoms with Gasteiger partial charge >= 0.3 is 0 Å². The molecule has 0 saturated heterocycles. The second-order valence-corrected chi connectivity index (χ2v) is 6.41. The number of carbonyl (C=O) groups is 1. The number of anilines is 1. The van der Waals surface area contributed by atoms with E-state index < -0.39 is 0 Å². The summed E-state index contributed by atoms with van der Waals surface area (Å²) in [5, 5.41) is 3.43. The van der Waals surface area contributed by atoms with Gasteiger partial charge in [-0.2, -0.15) is 0 Å². The van der Waals surface area contributed by atoms with Crippen molar-refractivity contribution < 1.29 is 13.6 Å². The first-order valence-corrected chi connectivity index (χ1v) is 8.54. The molecule has 4 rings (SSSR count). The quantitative estimate of drug-likeness (QED) is 0.743. The van der Waals surface area contributed by atoms with Crippen molar-refractivity contribution in [3.05, 3.63) is 59.4 Å². The Morgan fingerprint density at radius 1 is 1.23 bits per heavy atom. The maximum atomic E-state index is 13.3. The largest absolute Gasteiger partial charge is 0.455 e. The average molecular weight is 350 g/mol. The summed E-state index contributed by atoms with van der Waals surface area (Å²) in [6.45, 7) is 0.919. The zero-order chi connectivity index (χ0) is 18.3. The summed E-state index contributed by atoms with van der Waals surface area (Å²) in [7, 11) is 3.63. The van der Waals surface area contributed by atoms with E-state index in [9.17, 15) is 9.18 Å². The van der Waals surface area contributed by atoms with Crippen molar-refractivity contribution in [2.75, 3.05) is 25.5 Å². The smallest absolute Gasteiger partial charge is 0.255 e. The molecule has 26 heavy (non-hydrogen) atoms. The fourth-order valence-electron chi connectivity index (χ4n) is 3.37. The van der Waals surface area contributed by atoms with E-state index in [1.807, 2.05) is 19.2 Å². The Morgan fingerprint density at radius 3 is 2.73 bits per heavy atom. The van der Waals surface area contributed by atoms with Gasteiger partial charge in [0.05, 0.1) is 5.56 Å². The lowest BCUT2D eigenvalue weighted by molar-refractivity contribution is 0.0964. The number of carbonyl (C=O) groups excluding carboxylic acids is 1. The summed E-state index contributed by atoms with van der Waals surface area (Å²) in [6, 6.07) is 9.93. The van der Waals surface area contributed by atoms with E-state index in [0.717, 1.165) is 29.6 Å². The molecule has 5 heteroatoms. The SMILES string of the molecule is CNC(=O)c1c(-c2ccc(F)cc2)oc2cc3c(cc12)C=CCCN3C. The van der Waals surface area contributed by atoms with Crippen LogP contribution < -0.4 is 10.2 Å². The Bertz CT molecular complexity index is 1020. The van der Waals surface area contributed by atoms with Crippen molar-refractivity contribution in [2.45, 2.75) is 6.42 Å². The van der Waals surface area contributed by atoms with Crippen LogP contribution in [-0.2, 0) is 0 Å². The molecule has 1 aliphatic rings. The van der Waals surface area contributed by atoms with E-state index >= 15 is 0 Å². The molecule has 2 aromatic carbocycles. The molecule has 1 N–H and O–H groups in total. The summed E-state index contributed by atoms with van der Waals surface area (Å²) in [6.07, 6.45) is 5.18. The lowest BCUT2D eigenvalue weighted by Gasteiger charge is -2.18. The molecule has 0 radical (unpaired) electrons. The van der Waals surface area contributed by atoms with Crippen molar-refractivity contribution in [3.63, 3.8) is 0 Å². The highest BCUT2D eigenvalue weighted by Crippen LogP contribution is 2.38. The second-order valence-electron chi connectivity index (χ2n) is 6.41. The number of nitrogens with one attached hydrogen (secondary N) is 1. The third-order valence-corrected chi connectivity index (χ3v) is 4.74. The summed E-state index contributed by atoms with van der Waals surface area (Å²) in [5.74, 6) is -0.107. The molecule has 1 aliphatic heterocycles. The second kappa shape index (κ2) is 6.33. The normalized spacial score (nSPS) is 13.6. The van der Waals surface area contributed by atoms with Crippen LogP contribution in [0.25, 0.3) is 28.4 Å². The minimum absolute atomic E-state index is 0.228. The predicted molar refractivity (Wildman–Crippen MR) is 102 cm³/mol. The van der Waals surface area contributed by atoms with Gasteiger partial charge in [-0.15, -0.1) is 0 Å². The number of fused-ring (bicyclic) bond motifs is 2. The molecule has 0 fully saturated rings. The Balaban J connectivity index is 2.00. The number of amides is 1. The monoisotopic (exact) mass is 350 g/mol. The van der Waals surface area contributed by atoms with Crippen LogP contribution in [0.3, 0.4) is 0 Å². The minimum Gasteiger partial charge on any atom is -0.455 e. The van der Waals surface area contributed by atoms with Gasteiger partial charge in [-0.1, -0.05) is 12.2 Å². The van der Waals surface area contributed by atoms with Gasteiger partial charge in [0.1, 0.15) is 17.2 Å². The third-order valence-electron chi connectivity index (χ3n) is 4.74. The maximum Gasteiger partial charge on any atom is 0.255 e. The third kappa shape index (κ3) is 2.65. The van der Waals surface area contributed by atoms with Crippen LogP contribution in [0.1, 0.15) is 22.3 Å². The number of nitrogens with zero attached hydrogens (tertiary/aromatic N) is 1. The van der Waals surface area contributed by atoms with Crippen LogP contribution in [0, 0.1) is 5.82 Å². The Labute approximate surface area is 150 Å². The van der Waals surface area contributed by atoms with Crippen LogP contribution in [-0.4, -0.2) is 26.5 Å². The average Bonchev–Trinajstić information content (AvgIpc) is 2.92. The lowest BCUT2D eigenvalue weighted by atomic mass is 10.0. The molecule has 0 aliphatic carbocycles. The minimum atomic E-state index is -0.329. The summed E-state index contributed by atoms with van der Waals surface area (Å²) < 4.78 is 19.4. The maximum absolute atomic E-state index is 13.3. The van der Waals surface area contributed by atoms with Gasteiger partial charge < -0.3 is 14.6 Å². The number of hydrogen-bond acceptors (Lipinski definition) is 3. The zero-order valence-electron chi connectivity index (χ0n) is 14.7. The number of rotatable bonds is 2. The summed E-state index contributed by atoms with van der Waals surface area (Å²) >= 11 is 0. The molecule has 0 unspecified atom stereocenters. The first kappa shape index (κ1) is 16.4. The number of furan rings is 1. The van der Waals surface area contributed by atoms with E-state index in [1.54, 1.807) is 19.2 Å². The molecule has 3 aromatic rings. The highest BCUT2D eigenvalue weighted by molar-refractivity contribution is 6.12. The molecular weight excluding hydrogens is 331 g/mol. The fourth-order valence-corrected chi connectivity index (χ4v) is 3.37. The van der Waals surface area contributed by atoms with E-state index in [2.05, 4.69) is 22.4 Å². The molecular formula is C21H19FN2O2. The standard InChI is InChI=1S/C21H19FN2O2/c1-23-21(25)19-16-11-14-5-3-4-10-24(2)17(14)12-18(16)26-20(19)13-6-8-15(22)9-7-13/h3,5-9,11-12H,4,10H2,1-2H3,(H,23,25).